The molecule has 0 saturated carbocycles. The van der Waals surface area contributed by atoms with Crippen LogP contribution in [0.3, 0.4) is 0 Å². The van der Waals surface area contributed by atoms with Gasteiger partial charge in [-0.25, -0.2) is 0 Å². The summed E-state index contributed by atoms with van der Waals surface area (Å²) in [6.45, 7) is 11.0. The molecule has 0 heterocycles. The smallest absolute Gasteiger partial charge is 0.180 e. The van der Waals surface area contributed by atoms with E-state index in [1.54, 1.807) is 34.6 Å². The van der Waals surface area contributed by atoms with Crippen LogP contribution in [-0.4, -0.2) is 41.9 Å². The summed E-state index contributed by atoms with van der Waals surface area (Å²) in [5, 5.41) is 3.06. The number of carbonyl (C=O) groups excluding carboxylic acids is 2. The summed E-state index contributed by atoms with van der Waals surface area (Å²) in [7, 11) is 0. The highest BCUT2D eigenvalue weighted by Gasteiger charge is 2.36. The number of hydrogen-bond donors (Lipinski definition) is 2. The minimum absolute atomic E-state index is 0.0923. The number of ether oxygens (including phenoxy) is 1. The number of nitrogens with two attached hydrogens (primary N) is 1. The van der Waals surface area contributed by atoms with E-state index in [2.05, 4.69) is 5.32 Å². The van der Waals surface area contributed by atoms with Gasteiger partial charge in [-0.1, -0.05) is 0 Å². The molecule has 18 heavy (non-hydrogen) atoms. The molecular formula is C13H26N2O3. The number of nitrogens with one attached hydrogen (secondary N) is 1. The van der Waals surface area contributed by atoms with Gasteiger partial charge in [-0.2, -0.15) is 0 Å². The minimum atomic E-state index is -0.945. The Hall–Kier alpha value is -0.780. The van der Waals surface area contributed by atoms with Crippen molar-refractivity contribution in [2.24, 2.45) is 5.73 Å². The Balaban J connectivity index is 4.65. The van der Waals surface area contributed by atoms with E-state index in [0.29, 0.717) is 13.1 Å². The SMILES string of the molecule is CC(=O)C(C)(C)O[C@@H](C)C(=O)C(C)(C)NCCN. The summed E-state index contributed by atoms with van der Waals surface area (Å²) in [6.07, 6.45) is -0.649. The molecule has 0 amide bonds. The van der Waals surface area contributed by atoms with Gasteiger partial charge < -0.3 is 15.8 Å². The molecule has 0 bridgehead atoms. The first-order chi connectivity index (χ1) is 8.04. The van der Waals surface area contributed by atoms with Crippen molar-refractivity contribution in [1.29, 1.82) is 0 Å². The van der Waals surface area contributed by atoms with Crippen LogP contribution in [0.2, 0.25) is 0 Å². The Morgan fingerprint density at radius 3 is 2.17 bits per heavy atom. The van der Waals surface area contributed by atoms with Crippen LogP contribution in [0.4, 0.5) is 0 Å². The molecule has 106 valence electrons. The molecule has 0 rings (SSSR count). The van der Waals surface area contributed by atoms with Gasteiger partial charge in [0.05, 0.1) is 5.54 Å². The molecule has 0 spiro atoms. The van der Waals surface area contributed by atoms with Crippen molar-refractivity contribution in [2.45, 2.75) is 58.8 Å². The van der Waals surface area contributed by atoms with Crippen LogP contribution in [0.1, 0.15) is 41.5 Å². The van der Waals surface area contributed by atoms with Crippen LogP contribution in [0.15, 0.2) is 0 Å². The molecular weight excluding hydrogens is 232 g/mol. The van der Waals surface area contributed by atoms with Crippen molar-refractivity contribution in [3.8, 4) is 0 Å². The van der Waals surface area contributed by atoms with Gasteiger partial charge in [0.1, 0.15) is 11.7 Å². The lowest BCUT2D eigenvalue weighted by atomic mass is 9.94. The third-order valence-electron chi connectivity index (χ3n) is 3.02. The number of Topliss-reactive ketones (excluding diaryl/α,β-unsaturated/α-hetero) is 2. The largest absolute Gasteiger partial charge is 0.357 e. The Morgan fingerprint density at radius 1 is 1.28 bits per heavy atom. The van der Waals surface area contributed by atoms with Crippen molar-refractivity contribution in [3.63, 3.8) is 0 Å². The molecule has 0 saturated heterocycles. The van der Waals surface area contributed by atoms with E-state index >= 15 is 0 Å². The number of hydrogen-bond acceptors (Lipinski definition) is 5. The van der Waals surface area contributed by atoms with Gasteiger partial charge >= 0.3 is 0 Å². The van der Waals surface area contributed by atoms with Crippen molar-refractivity contribution >= 4 is 11.6 Å². The van der Waals surface area contributed by atoms with Crippen LogP contribution < -0.4 is 11.1 Å². The molecule has 0 radical (unpaired) electrons. The Morgan fingerprint density at radius 2 is 1.78 bits per heavy atom. The standard InChI is InChI=1S/C13H26N2O3/c1-9(18-13(5,6)10(2)16)11(17)12(3,4)15-8-7-14/h9,15H,7-8,14H2,1-6H3/t9-/m0/s1. The van der Waals surface area contributed by atoms with Gasteiger partial charge in [0, 0.05) is 13.1 Å². The molecule has 0 aliphatic rings. The van der Waals surface area contributed by atoms with E-state index in [9.17, 15) is 9.59 Å². The highest BCUT2D eigenvalue weighted by atomic mass is 16.5. The first-order valence-electron chi connectivity index (χ1n) is 6.23. The van der Waals surface area contributed by atoms with Gasteiger partial charge in [0.25, 0.3) is 0 Å². The second-order valence-electron chi connectivity index (χ2n) is 5.53. The van der Waals surface area contributed by atoms with E-state index in [1.807, 2.05) is 0 Å². The predicted octanol–water partition coefficient (Wildman–Crippen LogP) is 0.655. The van der Waals surface area contributed by atoms with E-state index in [4.69, 9.17) is 10.5 Å². The fourth-order valence-corrected chi connectivity index (χ4v) is 1.56. The lowest BCUT2D eigenvalue weighted by molar-refractivity contribution is -0.155. The molecule has 0 unspecified atom stereocenters. The monoisotopic (exact) mass is 258 g/mol. The highest BCUT2D eigenvalue weighted by molar-refractivity contribution is 5.92. The molecule has 0 aromatic carbocycles. The van der Waals surface area contributed by atoms with Gasteiger partial charge in [-0.3, -0.25) is 9.59 Å². The second-order valence-corrected chi connectivity index (χ2v) is 5.53. The summed E-state index contributed by atoms with van der Waals surface area (Å²) in [5.74, 6) is -0.194. The normalized spacial score (nSPS) is 14.4. The Labute approximate surface area is 109 Å². The maximum atomic E-state index is 12.2. The summed E-state index contributed by atoms with van der Waals surface area (Å²) in [4.78, 5) is 23.6. The van der Waals surface area contributed by atoms with Gasteiger partial charge in [-0.05, 0) is 41.5 Å². The van der Waals surface area contributed by atoms with Crippen LogP contribution in [0.25, 0.3) is 0 Å². The lowest BCUT2D eigenvalue weighted by Gasteiger charge is -2.32. The first kappa shape index (κ1) is 17.2. The zero-order valence-corrected chi connectivity index (χ0v) is 12.3. The van der Waals surface area contributed by atoms with Gasteiger partial charge in [0.15, 0.2) is 11.6 Å². The van der Waals surface area contributed by atoms with Crippen molar-refractivity contribution in [1.82, 2.24) is 5.32 Å². The second kappa shape index (κ2) is 6.41. The van der Waals surface area contributed by atoms with Crippen LogP contribution in [0, 0.1) is 0 Å². The van der Waals surface area contributed by atoms with E-state index < -0.39 is 17.2 Å². The summed E-state index contributed by atoms with van der Waals surface area (Å²) >= 11 is 0. The van der Waals surface area contributed by atoms with Crippen LogP contribution >= 0.6 is 0 Å². The number of rotatable bonds is 8. The molecule has 0 aromatic rings. The van der Waals surface area contributed by atoms with Crippen molar-refractivity contribution < 1.29 is 14.3 Å². The molecule has 3 N–H and O–H groups in total. The molecule has 5 heteroatoms. The topological polar surface area (TPSA) is 81.4 Å². The third-order valence-corrected chi connectivity index (χ3v) is 3.02. The maximum Gasteiger partial charge on any atom is 0.180 e. The van der Waals surface area contributed by atoms with Crippen LogP contribution in [-0.2, 0) is 14.3 Å². The molecule has 0 fully saturated rings. The first-order valence-corrected chi connectivity index (χ1v) is 6.23. The Kier molecular flexibility index (Phi) is 6.13. The lowest BCUT2D eigenvalue weighted by Crippen LogP contribution is -2.54. The van der Waals surface area contributed by atoms with E-state index in [0.717, 1.165) is 0 Å². The summed E-state index contributed by atoms with van der Waals surface area (Å²) in [5.41, 5.74) is 3.74. The molecule has 0 aromatic heterocycles. The fourth-order valence-electron chi connectivity index (χ4n) is 1.56. The number of ketones is 2. The Bertz CT molecular complexity index is 311. The average Bonchev–Trinajstić information content (AvgIpc) is 2.24. The van der Waals surface area contributed by atoms with E-state index in [1.165, 1.54) is 6.92 Å². The summed E-state index contributed by atoms with van der Waals surface area (Å²) in [6, 6.07) is 0. The maximum absolute atomic E-state index is 12.2. The van der Waals surface area contributed by atoms with Crippen molar-refractivity contribution in [2.75, 3.05) is 13.1 Å². The summed E-state index contributed by atoms with van der Waals surface area (Å²) < 4.78 is 5.56. The van der Waals surface area contributed by atoms with Gasteiger partial charge in [0.2, 0.25) is 0 Å². The molecule has 5 nitrogen and oxygen atoms in total. The number of carbonyl (C=O) groups is 2. The zero-order valence-electron chi connectivity index (χ0n) is 12.3. The quantitative estimate of drug-likeness (QED) is 0.668. The zero-order chi connectivity index (χ0) is 14.6. The fraction of sp³-hybridized carbons (Fsp3) is 0.846. The third kappa shape index (κ3) is 4.84. The van der Waals surface area contributed by atoms with E-state index in [-0.39, 0.29) is 11.6 Å². The van der Waals surface area contributed by atoms with Gasteiger partial charge in [-0.15, -0.1) is 0 Å². The molecule has 0 aliphatic carbocycles. The molecule has 0 aliphatic heterocycles. The average molecular weight is 258 g/mol. The minimum Gasteiger partial charge on any atom is -0.357 e. The predicted molar refractivity (Wildman–Crippen MR) is 71.5 cm³/mol. The van der Waals surface area contributed by atoms with Crippen LogP contribution in [0.5, 0.6) is 0 Å². The molecule has 1 atom stereocenters. The van der Waals surface area contributed by atoms with Crippen molar-refractivity contribution in [3.05, 3.63) is 0 Å². The highest BCUT2D eigenvalue weighted by Crippen LogP contribution is 2.17.